The summed E-state index contributed by atoms with van der Waals surface area (Å²) < 4.78 is 8.34. The first kappa shape index (κ1) is 27.3. The number of aryl methyl sites for hydroxylation is 1. The fourth-order valence-corrected chi connectivity index (χ4v) is 4.13. The van der Waals surface area contributed by atoms with Crippen molar-refractivity contribution in [3.8, 4) is 11.8 Å². The van der Waals surface area contributed by atoms with Gasteiger partial charge in [-0.3, -0.25) is 14.3 Å². The van der Waals surface area contributed by atoms with Crippen LogP contribution in [0.25, 0.3) is 0 Å². The van der Waals surface area contributed by atoms with Gasteiger partial charge in [0.2, 0.25) is 5.91 Å². The Morgan fingerprint density at radius 3 is 2.72 bits per heavy atom. The van der Waals surface area contributed by atoms with E-state index in [2.05, 4.69) is 37.5 Å². The van der Waals surface area contributed by atoms with E-state index in [4.69, 9.17) is 15.5 Å². The van der Waals surface area contributed by atoms with Crippen LogP contribution in [0.15, 0.2) is 24.3 Å². The van der Waals surface area contributed by atoms with E-state index in [9.17, 15) is 9.59 Å². The van der Waals surface area contributed by atoms with Crippen molar-refractivity contribution in [3.05, 3.63) is 41.2 Å². The number of hydrogen-bond acceptors (Lipinski definition) is 9. The molecule has 0 radical (unpaired) electrons. The van der Waals surface area contributed by atoms with Gasteiger partial charge in [-0.2, -0.15) is 0 Å². The molecule has 1 aromatic carbocycles. The number of benzene rings is 1. The van der Waals surface area contributed by atoms with E-state index in [1.54, 1.807) is 7.05 Å². The molecule has 1 aliphatic heterocycles. The monoisotopic (exact) mass is 511 g/mol. The van der Waals surface area contributed by atoms with E-state index >= 15 is 0 Å². The van der Waals surface area contributed by atoms with Crippen molar-refractivity contribution in [1.29, 1.82) is 0 Å². The number of ether oxygens (including phenoxy) is 1. The fraction of sp³-hybridized carbons (Fsp3) is 0.440. The molecule has 192 valence electrons. The number of nitrogens with zero attached hydrogens (tertiary/aromatic N) is 2. The summed E-state index contributed by atoms with van der Waals surface area (Å²) >= 11 is 1.34. The van der Waals surface area contributed by atoms with Crippen molar-refractivity contribution < 1.29 is 14.3 Å². The molecule has 0 spiro atoms. The first-order valence-electron chi connectivity index (χ1n) is 11.9. The predicted octanol–water partition coefficient (Wildman–Crippen LogP) is 2.20. The van der Waals surface area contributed by atoms with Crippen LogP contribution in [0.4, 0.5) is 17.3 Å². The van der Waals surface area contributed by atoms with Gasteiger partial charge in [-0.1, -0.05) is 36.8 Å². The van der Waals surface area contributed by atoms with Crippen LogP contribution in [0.2, 0.25) is 0 Å². The van der Waals surface area contributed by atoms with Crippen LogP contribution in [0, 0.1) is 11.8 Å². The van der Waals surface area contributed by atoms with Crippen molar-refractivity contribution >= 4 is 41.1 Å². The van der Waals surface area contributed by atoms with E-state index in [1.165, 1.54) is 11.9 Å². The smallest absolute Gasteiger partial charge is 0.271 e. The maximum absolute atomic E-state index is 12.1. The van der Waals surface area contributed by atoms with Crippen LogP contribution >= 0.6 is 11.9 Å². The van der Waals surface area contributed by atoms with Gasteiger partial charge in [0.05, 0.1) is 17.5 Å². The first-order valence-corrected chi connectivity index (χ1v) is 12.8. The number of carbonyl (C=O) groups is 2. The Bertz CT molecular complexity index is 1130. The molecule has 0 aliphatic carbocycles. The zero-order chi connectivity index (χ0) is 25.9. The van der Waals surface area contributed by atoms with Gasteiger partial charge < -0.3 is 26.4 Å². The van der Waals surface area contributed by atoms with Crippen molar-refractivity contribution in [2.45, 2.75) is 44.4 Å². The fourth-order valence-electron chi connectivity index (χ4n) is 3.59. The Balaban J connectivity index is 1.75. The van der Waals surface area contributed by atoms with E-state index in [0.717, 1.165) is 18.4 Å². The molecule has 1 fully saturated rings. The van der Waals surface area contributed by atoms with Crippen molar-refractivity contribution in [2.24, 2.45) is 5.73 Å². The summed E-state index contributed by atoms with van der Waals surface area (Å²) in [7, 11) is 1.77. The Labute approximate surface area is 216 Å². The van der Waals surface area contributed by atoms with Gasteiger partial charge in [-0.15, -0.1) is 0 Å². The minimum atomic E-state index is -0.658. The molecule has 1 atom stereocenters. The summed E-state index contributed by atoms with van der Waals surface area (Å²) in [6, 6.07) is 7.60. The molecule has 0 bridgehead atoms. The van der Waals surface area contributed by atoms with Crippen LogP contribution in [0.1, 0.15) is 48.4 Å². The molecule has 1 aliphatic rings. The van der Waals surface area contributed by atoms with E-state index in [-0.39, 0.29) is 35.3 Å². The molecular formula is C25H33N7O3S. The molecule has 6 N–H and O–H groups in total. The number of anilines is 3. The van der Waals surface area contributed by atoms with Crippen LogP contribution in [-0.2, 0) is 16.0 Å². The number of hydrogen-bond donors (Lipinski definition) is 5. The standard InChI is InChI=1S/C25H33N7O3S/c1-4-20-23(29-18-10-13-35-14-11-18)32-24(21(31-20)22(26)33)30-19-9-5-7-17(15-19)8-6-12-28-25(34)16(2)36-27-3/h5,7,9,15-16,18,27H,4,10-14H2,1-3H3,(H2,26,33)(H,28,34)(H2,29,30,32)/t16-/m0/s1. The lowest BCUT2D eigenvalue weighted by molar-refractivity contribution is -0.120. The topological polar surface area (TPSA) is 143 Å². The van der Waals surface area contributed by atoms with Gasteiger partial charge in [0.1, 0.15) is 0 Å². The van der Waals surface area contributed by atoms with Crippen LogP contribution < -0.4 is 26.4 Å². The third kappa shape index (κ3) is 7.84. The van der Waals surface area contributed by atoms with E-state index in [1.807, 2.05) is 38.1 Å². The molecular weight excluding hydrogens is 478 g/mol. The third-order valence-electron chi connectivity index (χ3n) is 5.47. The highest BCUT2D eigenvalue weighted by molar-refractivity contribution is 7.98. The molecule has 11 heteroatoms. The zero-order valence-electron chi connectivity index (χ0n) is 20.8. The number of rotatable bonds is 10. The van der Waals surface area contributed by atoms with Gasteiger partial charge in [-0.05, 0) is 51.4 Å². The lowest BCUT2D eigenvalue weighted by Crippen LogP contribution is -2.32. The number of carbonyl (C=O) groups excluding carboxylic acids is 2. The van der Waals surface area contributed by atoms with Gasteiger partial charge in [0, 0.05) is 30.5 Å². The quantitative estimate of drug-likeness (QED) is 0.240. The summed E-state index contributed by atoms with van der Waals surface area (Å²) in [5.74, 6) is 6.17. The molecule has 10 nitrogen and oxygen atoms in total. The van der Waals surface area contributed by atoms with Gasteiger partial charge in [0.25, 0.3) is 5.91 Å². The largest absolute Gasteiger partial charge is 0.381 e. The highest BCUT2D eigenvalue weighted by Gasteiger charge is 2.20. The number of aromatic nitrogens is 2. The summed E-state index contributed by atoms with van der Waals surface area (Å²) in [5.41, 5.74) is 7.81. The lowest BCUT2D eigenvalue weighted by Gasteiger charge is -2.25. The predicted molar refractivity (Wildman–Crippen MR) is 143 cm³/mol. The number of amides is 2. The molecule has 2 heterocycles. The molecule has 2 amide bonds. The van der Waals surface area contributed by atoms with Gasteiger partial charge >= 0.3 is 0 Å². The van der Waals surface area contributed by atoms with E-state index < -0.39 is 5.91 Å². The SMILES string of the molecule is CCc1nc(C(N)=O)c(Nc2cccc(C#CCNC(=O)[C@H](C)SNC)c2)nc1NC1CCOCC1. The Morgan fingerprint density at radius 1 is 1.25 bits per heavy atom. The summed E-state index contributed by atoms with van der Waals surface area (Å²) in [6.07, 6.45) is 2.35. The molecule has 0 unspecified atom stereocenters. The average Bonchev–Trinajstić information content (AvgIpc) is 2.87. The van der Waals surface area contributed by atoms with Crippen LogP contribution in [0.5, 0.6) is 0 Å². The van der Waals surface area contributed by atoms with Crippen molar-refractivity contribution in [2.75, 3.05) is 37.4 Å². The highest BCUT2D eigenvalue weighted by Crippen LogP contribution is 2.24. The maximum atomic E-state index is 12.1. The minimum absolute atomic E-state index is 0.0807. The summed E-state index contributed by atoms with van der Waals surface area (Å²) in [4.78, 5) is 33.3. The van der Waals surface area contributed by atoms with Crippen LogP contribution in [0.3, 0.4) is 0 Å². The second-order valence-corrected chi connectivity index (χ2v) is 9.51. The molecule has 2 aromatic rings. The van der Waals surface area contributed by atoms with Crippen molar-refractivity contribution in [1.82, 2.24) is 20.0 Å². The second kappa shape index (κ2) is 13.7. The average molecular weight is 512 g/mol. The summed E-state index contributed by atoms with van der Waals surface area (Å²) in [5, 5.41) is 9.21. The molecule has 1 aromatic heterocycles. The molecule has 1 saturated heterocycles. The van der Waals surface area contributed by atoms with E-state index in [0.29, 0.717) is 36.8 Å². The summed E-state index contributed by atoms with van der Waals surface area (Å²) in [6.45, 7) is 5.41. The zero-order valence-corrected chi connectivity index (χ0v) is 21.6. The van der Waals surface area contributed by atoms with Gasteiger partial charge in [-0.25, -0.2) is 9.97 Å². The highest BCUT2D eigenvalue weighted by atomic mass is 32.2. The van der Waals surface area contributed by atoms with Crippen LogP contribution in [-0.4, -0.2) is 59.9 Å². The normalized spacial score (nSPS) is 14.3. The Morgan fingerprint density at radius 2 is 2.03 bits per heavy atom. The third-order valence-corrected chi connectivity index (χ3v) is 6.27. The second-order valence-electron chi connectivity index (χ2n) is 8.15. The number of primary amides is 1. The Hall–Kier alpha value is -3.33. The number of nitrogens with one attached hydrogen (secondary N) is 4. The first-order chi connectivity index (χ1) is 17.4. The van der Waals surface area contributed by atoms with Crippen molar-refractivity contribution in [3.63, 3.8) is 0 Å². The number of nitrogens with two attached hydrogens (primary N) is 1. The lowest BCUT2D eigenvalue weighted by atomic mass is 10.1. The molecule has 36 heavy (non-hydrogen) atoms. The van der Waals surface area contributed by atoms with Gasteiger partial charge in [0.15, 0.2) is 17.3 Å². The molecule has 3 rings (SSSR count). The maximum Gasteiger partial charge on any atom is 0.271 e. The minimum Gasteiger partial charge on any atom is -0.381 e. The Kier molecular flexibility index (Phi) is 10.4. The molecule has 0 saturated carbocycles.